The average Bonchev–Trinajstić information content (AvgIpc) is 3.57. The largest absolute Gasteiger partial charge is 0.497 e. The van der Waals surface area contributed by atoms with Crippen LogP contribution in [0.2, 0.25) is 0 Å². The summed E-state index contributed by atoms with van der Waals surface area (Å²) in [7, 11) is 1.62. The van der Waals surface area contributed by atoms with Crippen LogP contribution in [-0.2, 0) is 4.79 Å². The number of piperidine rings is 1. The Balaban J connectivity index is 1.27. The second-order valence-corrected chi connectivity index (χ2v) is 7.95. The molecule has 7 heteroatoms. The molecule has 1 aliphatic carbocycles. The number of amides is 1. The van der Waals surface area contributed by atoms with Crippen molar-refractivity contribution in [3.05, 3.63) is 36.7 Å². The number of carbonyl (C=O) groups is 1. The summed E-state index contributed by atoms with van der Waals surface area (Å²) in [5, 5.41) is 6.41. The lowest BCUT2D eigenvalue weighted by atomic mass is 9.93. The summed E-state index contributed by atoms with van der Waals surface area (Å²) < 4.78 is 5.21. The third kappa shape index (κ3) is 5.59. The molecule has 1 saturated heterocycles. The van der Waals surface area contributed by atoms with E-state index in [2.05, 4.69) is 31.6 Å². The van der Waals surface area contributed by atoms with Gasteiger partial charge in [-0.15, -0.1) is 0 Å². The Morgan fingerprint density at radius 1 is 1.24 bits per heavy atom. The van der Waals surface area contributed by atoms with Crippen LogP contribution in [0.1, 0.15) is 38.5 Å². The smallest absolute Gasteiger partial charge is 0.224 e. The zero-order chi connectivity index (χ0) is 20.1. The lowest BCUT2D eigenvalue weighted by molar-refractivity contribution is -0.116. The molecule has 7 nitrogen and oxygen atoms in total. The Hall–Kier alpha value is -2.83. The Kier molecular flexibility index (Phi) is 6.12. The Labute approximate surface area is 171 Å². The maximum Gasteiger partial charge on any atom is 0.224 e. The molecule has 2 aromatic rings. The number of methoxy groups -OCH3 is 1. The van der Waals surface area contributed by atoms with Gasteiger partial charge in [0, 0.05) is 43.4 Å². The normalized spacial score (nSPS) is 18.9. The van der Waals surface area contributed by atoms with Gasteiger partial charge in [-0.1, -0.05) is 6.07 Å². The quantitative estimate of drug-likeness (QED) is 0.710. The molecule has 0 spiro atoms. The molecule has 154 valence electrons. The Bertz CT molecular complexity index is 839. The summed E-state index contributed by atoms with van der Waals surface area (Å²) in [6.45, 7) is 1.94. The average molecular weight is 396 g/mol. The number of anilines is 3. The fourth-order valence-corrected chi connectivity index (χ4v) is 3.80. The number of benzene rings is 1. The lowest BCUT2D eigenvalue weighted by Gasteiger charge is -2.33. The van der Waals surface area contributed by atoms with E-state index < -0.39 is 0 Å². The van der Waals surface area contributed by atoms with Crippen molar-refractivity contribution in [3.63, 3.8) is 0 Å². The molecule has 1 aromatic heterocycles. The minimum absolute atomic E-state index is 0.0494. The first-order chi connectivity index (χ1) is 14.2. The number of aromatic nitrogens is 2. The Morgan fingerprint density at radius 2 is 2.14 bits per heavy atom. The minimum atomic E-state index is 0.0494. The fraction of sp³-hybridized carbons (Fsp3) is 0.500. The molecule has 1 atom stereocenters. The third-order valence-electron chi connectivity index (χ3n) is 5.56. The predicted octanol–water partition coefficient (Wildman–Crippen LogP) is 3.69. The van der Waals surface area contributed by atoms with E-state index in [0.717, 1.165) is 55.4 Å². The van der Waals surface area contributed by atoms with Crippen LogP contribution in [0.4, 0.5) is 17.3 Å². The van der Waals surface area contributed by atoms with E-state index in [1.54, 1.807) is 13.4 Å². The highest BCUT2D eigenvalue weighted by Crippen LogP contribution is 2.28. The number of rotatable bonds is 8. The molecule has 2 N–H and O–H groups in total. The van der Waals surface area contributed by atoms with Crippen molar-refractivity contribution in [1.82, 2.24) is 9.97 Å². The van der Waals surface area contributed by atoms with E-state index >= 15 is 0 Å². The lowest BCUT2D eigenvalue weighted by Crippen LogP contribution is -2.36. The third-order valence-corrected chi connectivity index (χ3v) is 5.56. The molecule has 1 aromatic carbocycles. The van der Waals surface area contributed by atoms with E-state index in [0.29, 0.717) is 18.4 Å². The van der Waals surface area contributed by atoms with Crippen LogP contribution in [0.3, 0.4) is 0 Å². The number of hydrogen-bond acceptors (Lipinski definition) is 6. The van der Waals surface area contributed by atoms with Crippen LogP contribution >= 0.6 is 0 Å². The number of nitrogens with one attached hydrogen (secondary N) is 2. The highest BCUT2D eigenvalue weighted by Gasteiger charge is 2.24. The van der Waals surface area contributed by atoms with Gasteiger partial charge in [0.05, 0.1) is 7.11 Å². The number of ether oxygens (including phenoxy) is 1. The van der Waals surface area contributed by atoms with Gasteiger partial charge in [0.1, 0.15) is 23.7 Å². The van der Waals surface area contributed by atoms with Crippen LogP contribution in [-0.4, -0.2) is 42.1 Å². The van der Waals surface area contributed by atoms with Crippen molar-refractivity contribution in [2.24, 2.45) is 5.92 Å². The molecule has 0 bridgehead atoms. The highest BCUT2D eigenvalue weighted by atomic mass is 16.5. The van der Waals surface area contributed by atoms with Crippen LogP contribution in [0, 0.1) is 5.92 Å². The summed E-state index contributed by atoms with van der Waals surface area (Å²) >= 11 is 0. The van der Waals surface area contributed by atoms with Gasteiger partial charge in [-0.3, -0.25) is 4.79 Å². The molecule has 0 radical (unpaired) electrons. The molecule has 1 saturated carbocycles. The van der Waals surface area contributed by atoms with Gasteiger partial charge in [-0.25, -0.2) is 9.97 Å². The zero-order valence-corrected chi connectivity index (χ0v) is 16.9. The Morgan fingerprint density at radius 3 is 2.97 bits per heavy atom. The standard InChI is InChI=1S/C22H29N5O2/c1-29-19-6-2-5-18(12-19)26-22(28)10-7-16-4-3-11-27(14-16)21-13-20(23-15-24-21)25-17-8-9-17/h2,5-6,12-13,15-17H,3-4,7-11,14H2,1H3,(H,26,28)(H,23,24,25). The fourth-order valence-electron chi connectivity index (χ4n) is 3.80. The van der Waals surface area contributed by atoms with Crippen molar-refractivity contribution in [1.29, 1.82) is 0 Å². The summed E-state index contributed by atoms with van der Waals surface area (Å²) in [6, 6.07) is 10.1. The molecule has 2 aliphatic rings. The monoisotopic (exact) mass is 395 g/mol. The molecule has 29 heavy (non-hydrogen) atoms. The summed E-state index contributed by atoms with van der Waals surface area (Å²) in [4.78, 5) is 23.5. The van der Waals surface area contributed by atoms with Crippen LogP contribution in [0.25, 0.3) is 0 Å². The first-order valence-corrected chi connectivity index (χ1v) is 10.5. The van der Waals surface area contributed by atoms with Gasteiger partial charge in [0.25, 0.3) is 0 Å². The maximum atomic E-state index is 12.4. The number of hydrogen-bond donors (Lipinski definition) is 2. The van der Waals surface area contributed by atoms with E-state index in [1.165, 1.54) is 12.8 Å². The van der Waals surface area contributed by atoms with E-state index in [-0.39, 0.29) is 5.91 Å². The number of carbonyl (C=O) groups excluding carboxylic acids is 1. The van der Waals surface area contributed by atoms with Crippen LogP contribution in [0.5, 0.6) is 5.75 Å². The molecule has 2 heterocycles. The summed E-state index contributed by atoms with van der Waals surface area (Å²) in [5.41, 5.74) is 0.774. The van der Waals surface area contributed by atoms with Gasteiger partial charge in [0.2, 0.25) is 5.91 Å². The molecule has 4 rings (SSSR count). The van der Waals surface area contributed by atoms with Crippen LogP contribution in [0.15, 0.2) is 36.7 Å². The molecule has 2 fully saturated rings. The molecule has 1 aliphatic heterocycles. The topological polar surface area (TPSA) is 79.4 Å². The minimum Gasteiger partial charge on any atom is -0.497 e. The molecular formula is C22H29N5O2. The van der Waals surface area contributed by atoms with Crippen LogP contribution < -0.4 is 20.3 Å². The first-order valence-electron chi connectivity index (χ1n) is 10.5. The van der Waals surface area contributed by atoms with Gasteiger partial charge in [-0.05, 0) is 50.2 Å². The van der Waals surface area contributed by atoms with Gasteiger partial charge >= 0.3 is 0 Å². The SMILES string of the molecule is COc1cccc(NC(=O)CCC2CCCN(c3cc(NC4CC4)ncn3)C2)c1. The van der Waals surface area contributed by atoms with Crippen molar-refractivity contribution in [2.45, 2.75) is 44.6 Å². The van der Waals surface area contributed by atoms with Gasteiger partial charge in [0.15, 0.2) is 0 Å². The highest BCUT2D eigenvalue weighted by molar-refractivity contribution is 5.90. The molecule has 1 unspecified atom stereocenters. The molecular weight excluding hydrogens is 366 g/mol. The maximum absolute atomic E-state index is 12.4. The van der Waals surface area contributed by atoms with Crippen molar-refractivity contribution in [3.8, 4) is 5.75 Å². The van der Waals surface area contributed by atoms with Crippen molar-refractivity contribution < 1.29 is 9.53 Å². The van der Waals surface area contributed by atoms with E-state index in [1.807, 2.05) is 24.3 Å². The van der Waals surface area contributed by atoms with Crippen molar-refractivity contribution in [2.75, 3.05) is 35.7 Å². The second-order valence-electron chi connectivity index (χ2n) is 7.95. The molecule has 1 amide bonds. The van der Waals surface area contributed by atoms with E-state index in [9.17, 15) is 4.79 Å². The number of nitrogens with zero attached hydrogens (tertiary/aromatic N) is 3. The van der Waals surface area contributed by atoms with Gasteiger partial charge in [-0.2, -0.15) is 0 Å². The van der Waals surface area contributed by atoms with Gasteiger partial charge < -0.3 is 20.3 Å². The van der Waals surface area contributed by atoms with Crippen molar-refractivity contribution >= 4 is 23.2 Å². The van der Waals surface area contributed by atoms with E-state index in [4.69, 9.17) is 4.74 Å². The first kappa shape index (κ1) is 19.5. The summed E-state index contributed by atoms with van der Waals surface area (Å²) in [5.74, 6) is 3.18. The second kappa shape index (κ2) is 9.11. The zero-order valence-electron chi connectivity index (χ0n) is 16.9. The predicted molar refractivity (Wildman–Crippen MR) is 114 cm³/mol. The summed E-state index contributed by atoms with van der Waals surface area (Å²) in [6.07, 6.45) is 7.77.